The normalized spacial score (nSPS) is 12.5. The van der Waals surface area contributed by atoms with Crippen molar-refractivity contribution in [3.8, 4) is 0 Å². The van der Waals surface area contributed by atoms with Gasteiger partial charge in [-0.2, -0.15) is 0 Å². The number of aliphatic carboxylic acids is 3. The smallest absolute Gasteiger partial charge is 0.414 e. The number of carbonyl (C=O) groups is 4. The van der Waals surface area contributed by atoms with Crippen molar-refractivity contribution in [3.05, 3.63) is 0 Å². The standard InChI is InChI=1S/C11H22N2O3.C2H2O4/c1-3-5-8(6-10(14)15)7-13-9(4-2)11(12)16;3-1(4)2(5)6/h8-9,13H,3-7H2,1-2H3,(H2,12,16)(H,14,15);(H,3,4)(H,5,6)/t8-,9+;/m1./s1. The molecule has 0 fully saturated rings. The summed E-state index contributed by atoms with van der Waals surface area (Å²) in [6, 6.07) is -0.354. The average Bonchev–Trinajstić information content (AvgIpc) is 2.39. The molecule has 9 nitrogen and oxygen atoms in total. The van der Waals surface area contributed by atoms with Crippen LogP contribution in [-0.2, 0) is 19.2 Å². The summed E-state index contributed by atoms with van der Waals surface area (Å²) in [5, 5.41) is 26.5. The lowest BCUT2D eigenvalue weighted by Crippen LogP contribution is -2.43. The Morgan fingerprint density at radius 3 is 1.82 bits per heavy atom. The largest absolute Gasteiger partial charge is 0.481 e. The molecule has 1 amide bonds. The van der Waals surface area contributed by atoms with Gasteiger partial charge in [0.25, 0.3) is 0 Å². The number of carboxylic acid groups (broad SMARTS) is 3. The van der Waals surface area contributed by atoms with Crippen LogP contribution in [0.5, 0.6) is 0 Å². The first-order valence-electron chi connectivity index (χ1n) is 6.86. The van der Waals surface area contributed by atoms with E-state index in [-0.39, 0.29) is 24.3 Å². The van der Waals surface area contributed by atoms with Gasteiger partial charge in [-0.1, -0.05) is 20.3 Å². The van der Waals surface area contributed by atoms with Crippen molar-refractivity contribution in [3.63, 3.8) is 0 Å². The maximum atomic E-state index is 11.0. The first-order chi connectivity index (χ1) is 10.1. The van der Waals surface area contributed by atoms with Crippen molar-refractivity contribution in [1.82, 2.24) is 5.32 Å². The number of rotatable bonds is 9. The SMILES string of the molecule is CCC[C@@H](CN[C@@H](CC)C(N)=O)CC(=O)O.O=C(O)C(=O)O. The zero-order chi connectivity index (χ0) is 17.7. The van der Waals surface area contributed by atoms with Crippen molar-refractivity contribution in [1.29, 1.82) is 0 Å². The molecular weight excluding hydrogens is 296 g/mol. The third kappa shape index (κ3) is 12.9. The van der Waals surface area contributed by atoms with Gasteiger partial charge < -0.3 is 26.4 Å². The zero-order valence-electron chi connectivity index (χ0n) is 12.7. The Bertz CT molecular complexity index is 373. The van der Waals surface area contributed by atoms with Crippen LogP contribution < -0.4 is 11.1 Å². The fourth-order valence-corrected chi connectivity index (χ4v) is 1.69. The Labute approximate surface area is 128 Å². The lowest BCUT2D eigenvalue weighted by atomic mass is 9.99. The lowest BCUT2D eigenvalue weighted by Gasteiger charge is -2.18. The predicted octanol–water partition coefficient (Wildman–Crippen LogP) is -0.113. The van der Waals surface area contributed by atoms with E-state index in [9.17, 15) is 9.59 Å². The fourth-order valence-electron chi connectivity index (χ4n) is 1.69. The van der Waals surface area contributed by atoms with E-state index in [1.54, 1.807) is 0 Å². The minimum atomic E-state index is -1.82. The summed E-state index contributed by atoms with van der Waals surface area (Å²) in [7, 11) is 0. The summed E-state index contributed by atoms with van der Waals surface area (Å²) < 4.78 is 0. The van der Waals surface area contributed by atoms with E-state index in [2.05, 4.69) is 5.32 Å². The van der Waals surface area contributed by atoms with Crippen molar-refractivity contribution < 1.29 is 34.5 Å². The molecule has 0 rings (SSSR count). The van der Waals surface area contributed by atoms with E-state index in [0.717, 1.165) is 12.8 Å². The monoisotopic (exact) mass is 320 g/mol. The number of amides is 1. The van der Waals surface area contributed by atoms with E-state index >= 15 is 0 Å². The molecule has 0 saturated heterocycles. The molecule has 0 aliphatic carbocycles. The van der Waals surface area contributed by atoms with Crippen LogP contribution in [0.15, 0.2) is 0 Å². The maximum absolute atomic E-state index is 11.0. The summed E-state index contributed by atoms with van der Waals surface area (Å²) in [5.74, 6) is -4.76. The van der Waals surface area contributed by atoms with Gasteiger partial charge in [0.2, 0.25) is 5.91 Å². The fraction of sp³-hybridized carbons (Fsp3) is 0.692. The minimum absolute atomic E-state index is 0.0656. The first kappa shape index (κ1) is 22.1. The molecule has 6 N–H and O–H groups in total. The zero-order valence-corrected chi connectivity index (χ0v) is 12.7. The van der Waals surface area contributed by atoms with Crippen molar-refractivity contribution in [2.24, 2.45) is 11.7 Å². The van der Waals surface area contributed by atoms with Crippen LogP contribution in [0.4, 0.5) is 0 Å². The van der Waals surface area contributed by atoms with E-state index in [0.29, 0.717) is 13.0 Å². The number of nitrogens with two attached hydrogens (primary N) is 1. The van der Waals surface area contributed by atoms with Crippen molar-refractivity contribution in [2.75, 3.05) is 6.54 Å². The summed E-state index contributed by atoms with van der Waals surface area (Å²) in [5.41, 5.74) is 5.19. The topological polar surface area (TPSA) is 167 Å². The Hall–Kier alpha value is -2.16. The number of hydrogen-bond acceptors (Lipinski definition) is 5. The van der Waals surface area contributed by atoms with Gasteiger partial charge in [0.1, 0.15) is 0 Å². The third-order valence-corrected chi connectivity index (χ3v) is 2.75. The Morgan fingerprint density at radius 2 is 1.55 bits per heavy atom. The molecule has 9 heteroatoms. The van der Waals surface area contributed by atoms with Crippen LogP contribution in [0.25, 0.3) is 0 Å². The number of hydrogen-bond donors (Lipinski definition) is 5. The summed E-state index contributed by atoms with van der Waals surface area (Å²) in [6.07, 6.45) is 2.54. The Balaban J connectivity index is 0. The van der Waals surface area contributed by atoms with Crippen LogP contribution in [0.1, 0.15) is 39.5 Å². The molecule has 22 heavy (non-hydrogen) atoms. The quantitative estimate of drug-likeness (QED) is 0.367. The molecule has 0 aliphatic rings. The average molecular weight is 320 g/mol. The molecule has 0 bridgehead atoms. The highest BCUT2D eigenvalue weighted by Gasteiger charge is 2.16. The molecule has 0 aromatic rings. The van der Waals surface area contributed by atoms with Crippen LogP contribution >= 0.6 is 0 Å². The van der Waals surface area contributed by atoms with Gasteiger partial charge in [-0.3, -0.25) is 9.59 Å². The van der Waals surface area contributed by atoms with Crippen molar-refractivity contribution in [2.45, 2.75) is 45.6 Å². The van der Waals surface area contributed by atoms with E-state index in [1.165, 1.54) is 0 Å². The van der Waals surface area contributed by atoms with Crippen LogP contribution in [0.3, 0.4) is 0 Å². The van der Waals surface area contributed by atoms with Crippen LogP contribution in [0.2, 0.25) is 0 Å². The molecular formula is C13H24N2O7. The van der Waals surface area contributed by atoms with E-state index in [4.69, 9.17) is 30.6 Å². The highest BCUT2D eigenvalue weighted by Crippen LogP contribution is 2.10. The lowest BCUT2D eigenvalue weighted by molar-refractivity contribution is -0.159. The maximum Gasteiger partial charge on any atom is 0.414 e. The van der Waals surface area contributed by atoms with Crippen LogP contribution in [-0.4, -0.2) is 51.7 Å². The molecule has 0 unspecified atom stereocenters. The summed E-state index contributed by atoms with van der Waals surface area (Å²) >= 11 is 0. The number of carboxylic acids is 3. The second-order valence-electron chi connectivity index (χ2n) is 4.63. The van der Waals surface area contributed by atoms with E-state index < -0.39 is 17.9 Å². The highest BCUT2D eigenvalue weighted by atomic mass is 16.4. The molecule has 2 atom stereocenters. The number of carbonyl (C=O) groups excluding carboxylic acids is 1. The molecule has 128 valence electrons. The van der Waals surface area contributed by atoms with Gasteiger partial charge in [-0.15, -0.1) is 0 Å². The Kier molecular flexibility index (Phi) is 12.6. The van der Waals surface area contributed by atoms with Gasteiger partial charge in [-0.05, 0) is 25.3 Å². The molecule has 0 aromatic heterocycles. The summed E-state index contributed by atoms with van der Waals surface area (Å²) in [6.45, 7) is 4.41. The van der Waals surface area contributed by atoms with Crippen molar-refractivity contribution >= 4 is 23.8 Å². The molecule has 0 spiro atoms. The highest BCUT2D eigenvalue weighted by molar-refractivity contribution is 6.27. The molecule has 0 aromatic carbocycles. The van der Waals surface area contributed by atoms with Gasteiger partial charge >= 0.3 is 17.9 Å². The number of nitrogens with one attached hydrogen (secondary N) is 1. The van der Waals surface area contributed by atoms with Gasteiger partial charge in [-0.25, -0.2) is 9.59 Å². The molecule has 0 heterocycles. The third-order valence-electron chi connectivity index (χ3n) is 2.75. The van der Waals surface area contributed by atoms with Gasteiger partial charge in [0, 0.05) is 6.42 Å². The van der Waals surface area contributed by atoms with Gasteiger partial charge in [0.05, 0.1) is 6.04 Å². The van der Waals surface area contributed by atoms with Gasteiger partial charge in [0.15, 0.2) is 0 Å². The second-order valence-corrected chi connectivity index (χ2v) is 4.63. The van der Waals surface area contributed by atoms with E-state index in [1.807, 2.05) is 13.8 Å². The minimum Gasteiger partial charge on any atom is -0.481 e. The molecule has 0 saturated carbocycles. The predicted molar refractivity (Wildman–Crippen MR) is 77.2 cm³/mol. The van der Waals surface area contributed by atoms with Crippen LogP contribution in [0, 0.1) is 5.92 Å². The molecule has 0 aliphatic heterocycles. The number of primary amides is 1. The second kappa shape index (κ2) is 12.6. The summed E-state index contributed by atoms with van der Waals surface area (Å²) in [4.78, 5) is 39.8. The first-order valence-corrected chi connectivity index (χ1v) is 6.86. The molecule has 0 radical (unpaired) electrons. The Morgan fingerprint density at radius 1 is 1.05 bits per heavy atom.